The molecule has 9 nitrogen and oxygen atoms in total. The van der Waals surface area contributed by atoms with Crippen molar-refractivity contribution in [2.24, 2.45) is 0 Å². The first-order chi connectivity index (χ1) is 16.7. The minimum atomic E-state index is -0.612. The lowest BCUT2D eigenvalue weighted by Gasteiger charge is -2.33. The van der Waals surface area contributed by atoms with Gasteiger partial charge < -0.3 is 15.0 Å². The Hall–Kier alpha value is -3.50. The molecule has 182 valence electrons. The van der Waals surface area contributed by atoms with E-state index in [0.717, 1.165) is 31.9 Å². The van der Waals surface area contributed by atoms with Crippen molar-refractivity contribution in [3.63, 3.8) is 0 Å². The van der Waals surface area contributed by atoms with E-state index in [1.165, 1.54) is 0 Å². The minimum absolute atomic E-state index is 0.362. The highest BCUT2D eigenvalue weighted by molar-refractivity contribution is 7.18. The van der Waals surface area contributed by atoms with Gasteiger partial charge in [0.15, 0.2) is 5.82 Å². The number of rotatable bonds is 6. The number of carbonyl (C=O) groups is 1. The van der Waals surface area contributed by atoms with E-state index in [9.17, 15) is 4.79 Å². The number of likely N-dealkylation sites (N-methyl/N-ethyl adjacent to an activating group) is 1. The van der Waals surface area contributed by atoms with Crippen LogP contribution < -0.4 is 5.32 Å². The summed E-state index contributed by atoms with van der Waals surface area (Å²) in [6, 6.07) is 11.9. The molecule has 1 atom stereocenters. The van der Waals surface area contributed by atoms with Gasteiger partial charge in [0, 0.05) is 17.0 Å². The zero-order chi connectivity index (χ0) is 24.7. The summed E-state index contributed by atoms with van der Waals surface area (Å²) >= 11 is 1.62. The summed E-state index contributed by atoms with van der Waals surface area (Å²) in [4.78, 5) is 28.1. The van der Waals surface area contributed by atoms with Crippen LogP contribution in [0.25, 0.3) is 10.2 Å². The maximum Gasteiger partial charge on any atom is 0.411 e. The number of benzene rings is 1. The first kappa shape index (κ1) is 23.3. The number of fused-ring (bicyclic) bond motifs is 2. The number of nitrogens with one attached hydrogen (secondary N) is 2. The number of carbonyl (C=O) groups excluding carboxylic acids is 1. The first-order valence-corrected chi connectivity index (χ1v) is 12.3. The van der Waals surface area contributed by atoms with Crippen LogP contribution >= 0.6 is 11.3 Å². The van der Waals surface area contributed by atoms with E-state index < -0.39 is 5.54 Å². The van der Waals surface area contributed by atoms with E-state index in [4.69, 9.17) is 4.74 Å². The van der Waals surface area contributed by atoms with E-state index in [1.807, 2.05) is 70.1 Å². The summed E-state index contributed by atoms with van der Waals surface area (Å²) in [5.41, 5.74) is 2.16. The Balaban J connectivity index is 1.39. The first-order valence-electron chi connectivity index (χ1n) is 11.5. The third kappa shape index (κ3) is 4.35. The molecule has 0 aliphatic carbocycles. The summed E-state index contributed by atoms with van der Waals surface area (Å²) in [6.07, 6.45) is 0.815. The zero-order valence-corrected chi connectivity index (χ0v) is 21.3. The molecule has 0 spiro atoms. The lowest BCUT2D eigenvalue weighted by molar-refractivity contribution is 0.0259. The van der Waals surface area contributed by atoms with Crippen molar-refractivity contribution in [2.75, 3.05) is 26.0 Å². The molecule has 1 amide bonds. The molecular weight excluding hydrogens is 462 g/mol. The van der Waals surface area contributed by atoms with E-state index in [0.29, 0.717) is 24.7 Å². The monoisotopic (exact) mass is 491 g/mol. The second-order valence-electron chi connectivity index (χ2n) is 9.54. The number of nitrogens with zero attached hydrogens (tertiary/aromatic N) is 5. The maximum absolute atomic E-state index is 13.5. The number of aromatic amines is 1. The molecule has 1 aromatic carbocycles. The van der Waals surface area contributed by atoms with Crippen LogP contribution in [-0.4, -0.2) is 56.7 Å². The fraction of sp³-hybridized carbons (Fsp3) is 0.360. The molecule has 0 saturated carbocycles. The van der Waals surface area contributed by atoms with Crippen LogP contribution in [0, 0.1) is 6.92 Å². The quantitative estimate of drug-likeness (QED) is 0.393. The molecule has 1 aliphatic rings. The molecule has 0 radical (unpaired) electrons. The second-order valence-corrected chi connectivity index (χ2v) is 10.8. The average Bonchev–Trinajstić information content (AvgIpc) is 3.47. The summed E-state index contributed by atoms with van der Waals surface area (Å²) < 4.78 is 6.06. The van der Waals surface area contributed by atoms with Crippen LogP contribution in [0.5, 0.6) is 0 Å². The SMILES string of the molecule is Cc1cc2c(Nc3n[nH]c4c3CN(C(=O)O[C@H](CN(C)C)c3ccccc3)C4(C)C)ncnc2s1. The van der Waals surface area contributed by atoms with Gasteiger partial charge in [-0.15, -0.1) is 11.3 Å². The van der Waals surface area contributed by atoms with Crippen molar-refractivity contribution in [3.8, 4) is 0 Å². The molecular formula is C25H29N7O2S. The Morgan fingerprint density at radius 3 is 2.77 bits per heavy atom. The summed E-state index contributed by atoms with van der Waals surface area (Å²) in [5, 5.41) is 12.0. The molecule has 0 bridgehead atoms. The van der Waals surface area contributed by atoms with Crippen molar-refractivity contribution in [2.45, 2.75) is 39.0 Å². The number of ether oxygens (including phenoxy) is 1. The second kappa shape index (κ2) is 8.94. The third-order valence-corrected chi connectivity index (χ3v) is 7.28. The number of anilines is 2. The minimum Gasteiger partial charge on any atom is -0.440 e. The van der Waals surface area contributed by atoms with Crippen molar-refractivity contribution in [3.05, 3.63) is 64.4 Å². The van der Waals surface area contributed by atoms with Crippen LogP contribution in [0.1, 0.15) is 41.6 Å². The van der Waals surface area contributed by atoms with Crippen LogP contribution in [0.2, 0.25) is 0 Å². The molecule has 3 aromatic heterocycles. The van der Waals surface area contributed by atoms with Crippen LogP contribution in [0.15, 0.2) is 42.7 Å². The number of hydrogen-bond acceptors (Lipinski definition) is 8. The van der Waals surface area contributed by atoms with Crippen LogP contribution in [-0.2, 0) is 16.8 Å². The number of aryl methyl sites for hydroxylation is 1. The smallest absolute Gasteiger partial charge is 0.411 e. The maximum atomic E-state index is 13.5. The van der Waals surface area contributed by atoms with Crippen molar-refractivity contribution in [1.29, 1.82) is 0 Å². The highest BCUT2D eigenvalue weighted by atomic mass is 32.1. The summed E-state index contributed by atoms with van der Waals surface area (Å²) in [7, 11) is 3.94. The Morgan fingerprint density at radius 2 is 2.03 bits per heavy atom. The summed E-state index contributed by atoms with van der Waals surface area (Å²) in [5.74, 6) is 1.35. The molecule has 0 unspecified atom stereocenters. The van der Waals surface area contributed by atoms with Gasteiger partial charge in [-0.1, -0.05) is 30.3 Å². The fourth-order valence-corrected chi connectivity index (χ4v) is 5.34. The largest absolute Gasteiger partial charge is 0.440 e. The number of aromatic nitrogens is 4. The molecule has 2 N–H and O–H groups in total. The van der Waals surface area contributed by atoms with Gasteiger partial charge in [-0.25, -0.2) is 14.8 Å². The molecule has 4 heterocycles. The predicted octanol–water partition coefficient (Wildman–Crippen LogP) is 4.96. The topological polar surface area (TPSA) is 99.3 Å². The Labute approximate surface area is 208 Å². The lowest BCUT2D eigenvalue weighted by Crippen LogP contribution is -2.42. The van der Waals surface area contributed by atoms with Gasteiger partial charge in [0.05, 0.1) is 23.2 Å². The highest BCUT2D eigenvalue weighted by Gasteiger charge is 2.45. The molecule has 5 rings (SSSR count). The zero-order valence-electron chi connectivity index (χ0n) is 20.5. The van der Waals surface area contributed by atoms with Crippen molar-refractivity contribution < 1.29 is 9.53 Å². The average molecular weight is 492 g/mol. The van der Waals surface area contributed by atoms with Gasteiger partial charge in [-0.2, -0.15) is 5.10 Å². The molecule has 10 heteroatoms. The molecule has 0 fully saturated rings. The highest BCUT2D eigenvalue weighted by Crippen LogP contribution is 2.42. The van der Waals surface area contributed by atoms with Crippen LogP contribution in [0.3, 0.4) is 0 Å². The standard InChI is InChI=1S/C25H29N7O2S/c1-15-11-17-21(26-14-27-23(17)35-15)28-22-18-12-32(25(2,3)20(18)29-30-22)24(33)34-19(13-31(4)5)16-9-7-6-8-10-16/h6-11,14,19H,12-13H2,1-5H3,(H2,26,27,28,29,30)/t19-/m1/s1. The molecule has 0 saturated heterocycles. The van der Waals surface area contributed by atoms with E-state index in [1.54, 1.807) is 22.6 Å². The normalized spacial score (nSPS) is 15.4. The number of amides is 1. The van der Waals surface area contributed by atoms with E-state index in [-0.39, 0.29) is 12.2 Å². The number of H-pyrrole nitrogens is 1. The van der Waals surface area contributed by atoms with E-state index >= 15 is 0 Å². The van der Waals surface area contributed by atoms with Gasteiger partial charge in [-0.05, 0) is 46.5 Å². The van der Waals surface area contributed by atoms with Gasteiger partial charge >= 0.3 is 6.09 Å². The molecule has 1 aliphatic heterocycles. The summed E-state index contributed by atoms with van der Waals surface area (Å²) in [6.45, 7) is 7.01. The third-order valence-electron chi connectivity index (χ3n) is 6.33. The lowest BCUT2D eigenvalue weighted by atomic mass is 10.0. The van der Waals surface area contributed by atoms with Gasteiger partial charge in [0.25, 0.3) is 0 Å². The molecule has 4 aromatic rings. The Kier molecular flexibility index (Phi) is 5.94. The Bertz CT molecular complexity index is 1360. The molecule has 35 heavy (non-hydrogen) atoms. The van der Waals surface area contributed by atoms with Crippen molar-refractivity contribution in [1.82, 2.24) is 30.0 Å². The van der Waals surface area contributed by atoms with Gasteiger partial charge in [0.1, 0.15) is 23.1 Å². The van der Waals surface area contributed by atoms with Crippen molar-refractivity contribution >= 4 is 39.3 Å². The Morgan fingerprint density at radius 1 is 1.26 bits per heavy atom. The van der Waals surface area contributed by atoms with Gasteiger partial charge in [-0.3, -0.25) is 10.00 Å². The van der Waals surface area contributed by atoms with E-state index in [2.05, 4.69) is 31.5 Å². The van der Waals surface area contributed by atoms with Crippen LogP contribution in [0.4, 0.5) is 16.4 Å². The van der Waals surface area contributed by atoms with Gasteiger partial charge in [0.2, 0.25) is 0 Å². The number of hydrogen-bond donors (Lipinski definition) is 2. The fourth-order valence-electron chi connectivity index (χ4n) is 4.50. The predicted molar refractivity (Wildman–Crippen MR) is 137 cm³/mol. The number of thiophene rings is 1.